The van der Waals surface area contributed by atoms with Crippen LogP contribution in [0.15, 0.2) is 77.9 Å². The van der Waals surface area contributed by atoms with Crippen molar-refractivity contribution < 1.29 is 5.11 Å². The molecule has 1 nitrogen and oxygen atoms in total. The van der Waals surface area contributed by atoms with Crippen LogP contribution in [-0.4, -0.2) is 11.2 Å². The van der Waals surface area contributed by atoms with Crippen molar-refractivity contribution in [2.24, 2.45) is 34.5 Å². The van der Waals surface area contributed by atoms with E-state index in [-0.39, 0.29) is 6.10 Å². The molecule has 0 amide bonds. The predicted octanol–water partition coefficient (Wildman–Crippen LogP) is 8.45. The van der Waals surface area contributed by atoms with Crippen LogP contribution in [0, 0.1) is 34.5 Å². The van der Waals surface area contributed by atoms with Crippen LogP contribution in [0.5, 0.6) is 0 Å². The Labute approximate surface area is 212 Å². The Morgan fingerprint density at radius 1 is 0.800 bits per heavy atom. The van der Waals surface area contributed by atoms with Crippen molar-refractivity contribution in [3.8, 4) is 0 Å². The van der Waals surface area contributed by atoms with Crippen molar-refractivity contribution in [3.63, 3.8) is 0 Å². The first-order chi connectivity index (χ1) is 16.9. The van der Waals surface area contributed by atoms with Gasteiger partial charge in [0.05, 0.1) is 6.10 Å². The molecule has 3 fully saturated rings. The van der Waals surface area contributed by atoms with Crippen LogP contribution < -0.4 is 0 Å². The lowest BCUT2D eigenvalue weighted by atomic mass is 9.47. The predicted molar refractivity (Wildman–Crippen MR) is 146 cm³/mol. The maximum atomic E-state index is 10.3. The molecule has 1 N–H and O–H groups in total. The van der Waals surface area contributed by atoms with Gasteiger partial charge in [-0.05, 0) is 109 Å². The van der Waals surface area contributed by atoms with Crippen LogP contribution in [0.4, 0.5) is 0 Å². The van der Waals surface area contributed by atoms with Gasteiger partial charge in [-0.2, -0.15) is 0 Å². The molecular formula is C34H42O. The van der Waals surface area contributed by atoms with E-state index in [1.54, 1.807) is 11.1 Å². The molecule has 6 rings (SSSR count). The van der Waals surface area contributed by atoms with Gasteiger partial charge in [0.15, 0.2) is 0 Å². The van der Waals surface area contributed by atoms with Crippen molar-refractivity contribution >= 4 is 5.57 Å². The molecule has 2 aromatic carbocycles. The molecule has 3 saturated carbocycles. The van der Waals surface area contributed by atoms with Crippen LogP contribution in [0.3, 0.4) is 0 Å². The Balaban J connectivity index is 1.37. The van der Waals surface area contributed by atoms with Crippen molar-refractivity contribution in [2.45, 2.75) is 78.2 Å². The summed E-state index contributed by atoms with van der Waals surface area (Å²) in [6.07, 6.45) is 12.2. The van der Waals surface area contributed by atoms with E-state index in [1.807, 2.05) is 0 Å². The number of hydrogen-bond acceptors (Lipinski definition) is 1. The fourth-order valence-electron chi connectivity index (χ4n) is 9.36. The highest BCUT2D eigenvalue weighted by Gasteiger charge is 2.58. The zero-order chi connectivity index (χ0) is 24.2. The normalized spacial score (nSPS) is 38.1. The van der Waals surface area contributed by atoms with Gasteiger partial charge in [0, 0.05) is 0 Å². The Hall–Kier alpha value is -2.12. The molecular weight excluding hydrogens is 424 g/mol. The van der Waals surface area contributed by atoms with Crippen LogP contribution >= 0.6 is 0 Å². The van der Waals surface area contributed by atoms with Gasteiger partial charge in [0.25, 0.3) is 0 Å². The summed E-state index contributed by atoms with van der Waals surface area (Å²) in [6, 6.07) is 22.2. The number of benzene rings is 2. The summed E-state index contributed by atoms with van der Waals surface area (Å²) in [7, 11) is 0. The van der Waals surface area contributed by atoms with Gasteiger partial charge in [-0.25, -0.2) is 0 Å². The number of aliphatic hydroxyl groups is 1. The summed E-state index contributed by atoms with van der Waals surface area (Å²) >= 11 is 0. The molecule has 4 aliphatic rings. The standard InChI is InChI=1S/C34H42O/c1-23(32(24-10-6-4-7-11-24)25-12-8-5-9-13-25)29-16-17-30-28-15-14-26-22-27(35)18-20-33(26,2)31(28)19-21-34(29,30)3/h4-14,27-31,35H,15-22H2,1-3H3/t27-,28+,29-,30+,31+,33-,34-/m0/s1. The molecule has 0 spiro atoms. The van der Waals surface area contributed by atoms with Crippen LogP contribution in [0.1, 0.15) is 83.3 Å². The molecule has 7 atom stereocenters. The third-order valence-corrected chi connectivity index (χ3v) is 11.1. The van der Waals surface area contributed by atoms with Crippen molar-refractivity contribution in [1.29, 1.82) is 0 Å². The molecule has 0 bridgehead atoms. The number of hydrogen-bond donors (Lipinski definition) is 1. The lowest BCUT2D eigenvalue weighted by Gasteiger charge is -2.58. The third-order valence-electron chi connectivity index (χ3n) is 11.1. The van der Waals surface area contributed by atoms with E-state index >= 15 is 0 Å². The molecule has 0 heterocycles. The van der Waals surface area contributed by atoms with E-state index in [9.17, 15) is 5.11 Å². The summed E-state index contributed by atoms with van der Waals surface area (Å²) in [5, 5.41) is 10.3. The molecule has 35 heavy (non-hydrogen) atoms. The smallest absolute Gasteiger partial charge is 0.0577 e. The summed E-state index contributed by atoms with van der Waals surface area (Å²) in [5.41, 5.74) is 8.07. The molecule has 0 aliphatic heterocycles. The van der Waals surface area contributed by atoms with Crippen molar-refractivity contribution in [2.75, 3.05) is 0 Å². The molecule has 2 aromatic rings. The second-order valence-electron chi connectivity index (χ2n) is 12.6. The van der Waals surface area contributed by atoms with E-state index in [0.29, 0.717) is 16.7 Å². The average molecular weight is 467 g/mol. The molecule has 0 aromatic heterocycles. The average Bonchev–Trinajstić information content (AvgIpc) is 3.23. The first kappa shape index (κ1) is 23.3. The van der Waals surface area contributed by atoms with E-state index in [2.05, 4.69) is 87.5 Å². The van der Waals surface area contributed by atoms with Gasteiger partial charge in [-0.15, -0.1) is 0 Å². The molecule has 184 valence electrons. The van der Waals surface area contributed by atoms with Gasteiger partial charge in [0.1, 0.15) is 0 Å². The van der Waals surface area contributed by atoms with Crippen molar-refractivity contribution in [1.82, 2.24) is 0 Å². The van der Waals surface area contributed by atoms with Gasteiger partial charge >= 0.3 is 0 Å². The molecule has 1 heteroatoms. The second kappa shape index (κ2) is 8.77. The zero-order valence-electron chi connectivity index (χ0n) is 21.8. The fraction of sp³-hybridized carbons (Fsp3) is 0.529. The Morgan fingerprint density at radius 2 is 1.46 bits per heavy atom. The minimum atomic E-state index is -0.113. The van der Waals surface area contributed by atoms with E-state index in [1.165, 1.54) is 55.2 Å². The molecule has 0 unspecified atom stereocenters. The van der Waals surface area contributed by atoms with Crippen molar-refractivity contribution in [3.05, 3.63) is 89.0 Å². The quantitative estimate of drug-likeness (QED) is 0.450. The minimum Gasteiger partial charge on any atom is -0.393 e. The Morgan fingerprint density at radius 3 is 2.11 bits per heavy atom. The van der Waals surface area contributed by atoms with Gasteiger partial charge < -0.3 is 5.11 Å². The highest BCUT2D eigenvalue weighted by Crippen LogP contribution is 2.67. The minimum absolute atomic E-state index is 0.113. The first-order valence-electron chi connectivity index (χ1n) is 14.1. The largest absolute Gasteiger partial charge is 0.393 e. The Bertz CT molecular complexity index is 1090. The number of aliphatic hydroxyl groups excluding tert-OH is 1. The van der Waals surface area contributed by atoms with Crippen LogP contribution in [0.2, 0.25) is 0 Å². The fourth-order valence-corrected chi connectivity index (χ4v) is 9.36. The number of allylic oxidation sites excluding steroid dienone is 2. The Kier molecular flexibility index (Phi) is 5.83. The summed E-state index contributed by atoms with van der Waals surface area (Å²) in [6.45, 7) is 7.64. The SMILES string of the molecule is CC(=C(c1ccccc1)c1ccccc1)[C@@H]1CC[C@@H]2[C@H]3CC=C4C[C@@H](O)CC[C@]4(C)[C@@H]3CC[C@]21C. The monoisotopic (exact) mass is 466 g/mol. The van der Waals surface area contributed by atoms with E-state index in [4.69, 9.17) is 0 Å². The number of fused-ring (bicyclic) bond motifs is 5. The number of rotatable bonds is 3. The summed E-state index contributed by atoms with van der Waals surface area (Å²) in [4.78, 5) is 0. The molecule has 0 radical (unpaired) electrons. The van der Waals surface area contributed by atoms with Crippen LogP contribution in [0.25, 0.3) is 5.57 Å². The third kappa shape index (κ3) is 3.69. The highest BCUT2D eigenvalue weighted by molar-refractivity contribution is 5.82. The summed E-state index contributed by atoms with van der Waals surface area (Å²) in [5.74, 6) is 3.08. The second-order valence-corrected chi connectivity index (χ2v) is 12.6. The molecule has 4 aliphatic carbocycles. The highest BCUT2D eigenvalue weighted by atomic mass is 16.3. The first-order valence-corrected chi connectivity index (χ1v) is 14.1. The summed E-state index contributed by atoms with van der Waals surface area (Å²) < 4.78 is 0. The van der Waals surface area contributed by atoms with Crippen LogP contribution in [-0.2, 0) is 0 Å². The van der Waals surface area contributed by atoms with E-state index < -0.39 is 0 Å². The van der Waals surface area contributed by atoms with Gasteiger partial charge in [-0.3, -0.25) is 0 Å². The lowest BCUT2D eigenvalue weighted by molar-refractivity contribution is -0.0453. The lowest BCUT2D eigenvalue weighted by Crippen LogP contribution is -2.50. The topological polar surface area (TPSA) is 20.2 Å². The van der Waals surface area contributed by atoms with Gasteiger partial charge in [-0.1, -0.05) is 91.7 Å². The van der Waals surface area contributed by atoms with Gasteiger partial charge in [0.2, 0.25) is 0 Å². The molecule has 0 saturated heterocycles. The maximum absolute atomic E-state index is 10.3. The maximum Gasteiger partial charge on any atom is 0.0577 e. The van der Waals surface area contributed by atoms with E-state index in [0.717, 1.165) is 30.6 Å². The zero-order valence-corrected chi connectivity index (χ0v) is 21.8.